The lowest BCUT2D eigenvalue weighted by Gasteiger charge is -2.06. The molecule has 6 heteroatoms. The van der Waals surface area contributed by atoms with Crippen molar-refractivity contribution in [2.45, 2.75) is 0 Å². The highest BCUT2D eigenvalue weighted by atomic mass is 79.9. The second-order valence-corrected chi connectivity index (χ2v) is 8.47. The molecule has 0 amide bonds. The Kier molecular flexibility index (Phi) is 5.33. The van der Waals surface area contributed by atoms with Gasteiger partial charge in [0.15, 0.2) is 0 Å². The van der Waals surface area contributed by atoms with Crippen molar-refractivity contribution in [1.29, 1.82) is 5.26 Å². The Hall–Kier alpha value is -4.08. The molecule has 0 saturated heterocycles. The normalized spacial score (nSPS) is 10.8. The minimum atomic E-state index is -0.176. The molecule has 160 valence electrons. The molecule has 0 aliphatic carbocycles. The van der Waals surface area contributed by atoms with Crippen molar-refractivity contribution in [3.63, 3.8) is 0 Å². The molecule has 0 unspecified atom stereocenters. The molecular formula is C27H18BrN3O2. The molecule has 2 aromatic heterocycles. The van der Waals surface area contributed by atoms with Crippen LogP contribution in [0, 0.1) is 11.3 Å². The topological polar surface area (TPSA) is 81.7 Å². The lowest BCUT2D eigenvalue weighted by Crippen LogP contribution is -2.03. The van der Waals surface area contributed by atoms with Gasteiger partial charge in [0.25, 0.3) is 0 Å². The zero-order chi connectivity index (χ0) is 22.9. The van der Waals surface area contributed by atoms with Crippen LogP contribution in [-0.2, 0) is 0 Å². The Balaban J connectivity index is 1.79. The Morgan fingerprint density at radius 1 is 1.03 bits per heavy atom. The number of nitriles is 1. The van der Waals surface area contributed by atoms with Crippen molar-refractivity contribution >= 4 is 32.6 Å². The number of aromatic nitrogens is 2. The van der Waals surface area contributed by atoms with Gasteiger partial charge in [-0.1, -0.05) is 58.4 Å². The predicted octanol–water partition coefficient (Wildman–Crippen LogP) is 6.70. The average molecular weight is 496 g/mol. The summed E-state index contributed by atoms with van der Waals surface area (Å²) in [5.41, 5.74) is 5.04. The number of ketones is 1. The van der Waals surface area contributed by atoms with Gasteiger partial charge in [-0.15, -0.1) is 0 Å². The zero-order valence-electron chi connectivity index (χ0n) is 17.6. The molecule has 2 N–H and O–H groups in total. The number of H-pyrrole nitrogens is 2. The molecule has 0 saturated carbocycles. The number of aromatic amines is 2. The molecule has 0 aliphatic rings. The van der Waals surface area contributed by atoms with Gasteiger partial charge in [-0.3, -0.25) is 4.79 Å². The van der Waals surface area contributed by atoms with Crippen LogP contribution in [-0.4, -0.2) is 22.9 Å². The van der Waals surface area contributed by atoms with Gasteiger partial charge >= 0.3 is 0 Å². The summed E-state index contributed by atoms with van der Waals surface area (Å²) in [6.45, 7) is 0. The number of hydrogen-bond acceptors (Lipinski definition) is 3. The standard InChI is InChI=1S/C27H18BrN3O2/c1-33-19-10-7-16(8-11-19)24-21(14-29)25(22-15-30-23-12-9-18(28)13-20(22)23)31-26(24)27(32)17-5-3-2-4-6-17/h2-13,15,30-31H,1H3. The summed E-state index contributed by atoms with van der Waals surface area (Å²) in [7, 11) is 1.60. The van der Waals surface area contributed by atoms with Gasteiger partial charge in [-0.2, -0.15) is 5.26 Å². The average Bonchev–Trinajstić information content (AvgIpc) is 3.45. The van der Waals surface area contributed by atoms with E-state index >= 15 is 0 Å². The van der Waals surface area contributed by atoms with E-state index in [-0.39, 0.29) is 5.78 Å². The van der Waals surface area contributed by atoms with E-state index in [0.717, 1.165) is 26.5 Å². The molecule has 0 bridgehead atoms. The quantitative estimate of drug-likeness (QED) is 0.266. The van der Waals surface area contributed by atoms with Crippen LogP contribution in [0.1, 0.15) is 21.6 Å². The fourth-order valence-corrected chi connectivity index (χ4v) is 4.43. The maximum atomic E-state index is 13.6. The van der Waals surface area contributed by atoms with E-state index in [9.17, 15) is 10.1 Å². The summed E-state index contributed by atoms with van der Waals surface area (Å²) in [5, 5.41) is 11.2. The summed E-state index contributed by atoms with van der Waals surface area (Å²) >= 11 is 3.53. The number of benzene rings is 3. The van der Waals surface area contributed by atoms with Gasteiger partial charge in [-0.25, -0.2) is 0 Å². The smallest absolute Gasteiger partial charge is 0.209 e. The van der Waals surface area contributed by atoms with E-state index in [1.54, 1.807) is 19.2 Å². The molecule has 33 heavy (non-hydrogen) atoms. The number of hydrogen-bond donors (Lipinski definition) is 2. The minimum Gasteiger partial charge on any atom is -0.497 e. The second-order valence-electron chi connectivity index (χ2n) is 7.55. The van der Waals surface area contributed by atoms with Crippen molar-refractivity contribution in [1.82, 2.24) is 9.97 Å². The first-order valence-electron chi connectivity index (χ1n) is 10.3. The molecular weight excluding hydrogens is 478 g/mol. The third-order valence-corrected chi connectivity index (χ3v) is 6.16. The number of carbonyl (C=O) groups excluding carboxylic acids is 1. The van der Waals surface area contributed by atoms with Gasteiger partial charge in [0.1, 0.15) is 11.8 Å². The van der Waals surface area contributed by atoms with Crippen LogP contribution in [0.4, 0.5) is 0 Å². The number of carbonyl (C=O) groups is 1. The van der Waals surface area contributed by atoms with E-state index in [4.69, 9.17) is 4.74 Å². The molecule has 5 aromatic rings. The highest BCUT2D eigenvalue weighted by Crippen LogP contribution is 2.39. The fourth-order valence-electron chi connectivity index (χ4n) is 4.06. The first kappa shape index (κ1) is 20.8. The van der Waals surface area contributed by atoms with Gasteiger partial charge in [0.05, 0.1) is 24.1 Å². The molecule has 0 aliphatic heterocycles. The summed E-state index contributed by atoms with van der Waals surface area (Å²) in [6.07, 6.45) is 1.86. The van der Waals surface area contributed by atoms with E-state index in [0.29, 0.717) is 33.8 Å². The zero-order valence-corrected chi connectivity index (χ0v) is 19.2. The Bertz CT molecular complexity index is 1520. The fraction of sp³-hybridized carbons (Fsp3) is 0.0370. The molecule has 5 rings (SSSR count). The van der Waals surface area contributed by atoms with Crippen LogP contribution >= 0.6 is 15.9 Å². The van der Waals surface area contributed by atoms with Crippen LogP contribution in [0.15, 0.2) is 83.5 Å². The Morgan fingerprint density at radius 3 is 2.48 bits per heavy atom. The molecule has 0 spiro atoms. The SMILES string of the molecule is COc1ccc(-c2c(C(=O)c3ccccc3)[nH]c(-c3c[nH]c4ccc(Br)cc34)c2C#N)cc1. The number of nitrogens with one attached hydrogen (secondary N) is 2. The maximum Gasteiger partial charge on any atom is 0.209 e. The third kappa shape index (κ3) is 3.63. The molecule has 0 radical (unpaired) electrons. The first-order valence-corrected chi connectivity index (χ1v) is 11.1. The summed E-state index contributed by atoms with van der Waals surface area (Å²) in [4.78, 5) is 20.1. The van der Waals surface area contributed by atoms with Crippen molar-refractivity contribution in [2.24, 2.45) is 0 Å². The highest BCUT2D eigenvalue weighted by Gasteiger charge is 2.26. The van der Waals surface area contributed by atoms with Crippen LogP contribution in [0.3, 0.4) is 0 Å². The van der Waals surface area contributed by atoms with Crippen molar-refractivity contribution in [3.05, 3.63) is 100 Å². The molecule has 5 nitrogen and oxygen atoms in total. The second kappa shape index (κ2) is 8.45. The number of ether oxygens (including phenoxy) is 1. The number of halogens is 1. The van der Waals surface area contributed by atoms with Gasteiger partial charge < -0.3 is 14.7 Å². The number of fused-ring (bicyclic) bond motifs is 1. The lowest BCUT2D eigenvalue weighted by molar-refractivity contribution is 0.103. The summed E-state index contributed by atoms with van der Waals surface area (Å²) in [6, 6.07) is 24.7. The molecule has 3 aromatic carbocycles. The minimum absolute atomic E-state index is 0.176. The summed E-state index contributed by atoms with van der Waals surface area (Å²) in [5.74, 6) is 0.524. The van der Waals surface area contributed by atoms with Crippen molar-refractivity contribution < 1.29 is 9.53 Å². The lowest BCUT2D eigenvalue weighted by atomic mass is 9.95. The van der Waals surface area contributed by atoms with Gasteiger partial charge in [0.2, 0.25) is 5.78 Å². The van der Waals surface area contributed by atoms with E-state index in [1.807, 2.05) is 66.9 Å². The number of rotatable bonds is 5. The van der Waals surface area contributed by atoms with Crippen LogP contribution in [0.2, 0.25) is 0 Å². The Labute approximate surface area is 198 Å². The molecule has 2 heterocycles. The van der Waals surface area contributed by atoms with E-state index in [1.165, 1.54) is 0 Å². The number of nitrogens with zero attached hydrogens (tertiary/aromatic N) is 1. The first-order chi connectivity index (χ1) is 16.1. The van der Waals surface area contributed by atoms with E-state index < -0.39 is 0 Å². The van der Waals surface area contributed by atoms with Crippen molar-refractivity contribution in [3.8, 4) is 34.2 Å². The molecule has 0 atom stereocenters. The third-order valence-electron chi connectivity index (χ3n) is 5.67. The Morgan fingerprint density at radius 2 is 1.79 bits per heavy atom. The largest absolute Gasteiger partial charge is 0.497 e. The van der Waals surface area contributed by atoms with Crippen LogP contribution in [0.25, 0.3) is 33.3 Å². The van der Waals surface area contributed by atoms with Gasteiger partial charge in [-0.05, 0) is 35.9 Å². The van der Waals surface area contributed by atoms with Crippen molar-refractivity contribution in [2.75, 3.05) is 7.11 Å². The highest BCUT2D eigenvalue weighted by molar-refractivity contribution is 9.10. The summed E-state index contributed by atoms with van der Waals surface area (Å²) < 4.78 is 6.21. The number of methoxy groups -OCH3 is 1. The van der Waals surface area contributed by atoms with E-state index in [2.05, 4.69) is 32.0 Å². The monoisotopic (exact) mass is 495 g/mol. The molecule has 0 fully saturated rings. The van der Waals surface area contributed by atoms with Crippen LogP contribution in [0.5, 0.6) is 5.75 Å². The van der Waals surface area contributed by atoms with Gasteiger partial charge in [0, 0.05) is 38.3 Å². The van der Waals surface area contributed by atoms with Crippen LogP contribution < -0.4 is 4.74 Å². The predicted molar refractivity (Wildman–Crippen MR) is 132 cm³/mol. The maximum absolute atomic E-state index is 13.6.